The van der Waals surface area contributed by atoms with Crippen molar-refractivity contribution in [2.45, 2.75) is 39.5 Å². The van der Waals surface area contributed by atoms with Crippen LogP contribution in [-0.2, 0) is 0 Å². The molecular weight excluding hydrogens is 236 g/mol. The summed E-state index contributed by atoms with van der Waals surface area (Å²) in [7, 11) is 0. The zero-order valence-corrected chi connectivity index (χ0v) is 11.8. The molecule has 1 unspecified atom stereocenters. The maximum atomic E-state index is 12.3. The molecule has 3 nitrogen and oxygen atoms in total. The Labute approximate surface area is 114 Å². The van der Waals surface area contributed by atoms with Crippen LogP contribution in [0.25, 0.3) is 0 Å². The lowest BCUT2D eigenvalue weighted by atomic mass is 9.93. The van der Waals surface area contributed by atoms with Crippen molar-refractivity contribution in [1.29, 1.82) is 0 Å². The van der Waals surface area contributed by atoms with Gasteiger partial charge in [0.05, 0.1) is 5.69 Å². The summed E-state index contributed by atoms with van der Waals surface area (Å²) >= 11 is 0. The van der Waals surface area contributed by atoms with Crippen LogP contribution >= 0.6 is 0 Å². The molecule has 1 aromatic heterocycles. The minimum absolute atomic E-state index is 0.0707. The molecule has 0 spiro atoms. The SMILES string of the molecule is CCC(CC(=O)n1nc(C)cc1C)c1ccccc1. The van der Waals surface area contributed by atoms with Crippen LogP contribution in [0, 0.1) is 13.8 Å². The van der Waals surface area contributed by atoms with Crippen LogP contribution in [0.4, 0.5) is 0 Å². The number of aryl methyl sites for hydroxylation is 2. The highest BCUT2D eigenvalue weighted by molar-refractivity contribution is 5.79. The minimum atomic E-state index is 0.0707. The third-order valence-corrected chi connectivity index (χ3v) is 3.43. The van der Waals surface area contributed by atoms with E-state index >= 15 is 0 Å². The number of carbonyl (C=O) groups is 1. The normalized spacial score (nSPS) is 12.4. The Balaban J connectivity index is 2.15. The van der Waals surface area contributed by atoms with Crippen molar-refractivity contribution in [3.8, 4) is 0 Å². The molecule has 0 amide bonds. The molecule has 0 saturated carbocycles. The van der Waals surface area contributed by atoms with Gasteiger partial charge in [-0.25, -0.2) is 4.68 Å². The number of benzene rings is 1. The molecule has 0 saturated heterocycles. The lowest BCUT2D eigenvalue weighted by Crippen LogP contribution is -2.17. The average Bonchev–Trinajstić information content (AvgIpc) is 2.76. The molecule has 1 heterocycles. The van der Waals surface area contributed by atoms with Crippen LogP contribution in [-0.4, -0.2) is 15.7 Å². The van der Waals surface area contributed by atoms with Crippen molar-refractivity contribution in [3.05, 3.63) is 53.3 Å². The van der Waals surface area contributed by atoms with Crippen molar-refractivity contribution in [3.63, 3.8) is 0 Å². The summed E-state index contributed by atoms with van der Waals surface area (Å²) < 4.78 is 1.53. The van der Waals surface area contributed by atoms with Gasteiger partial charge in [-0.3, -0.25) is 4.79 Å². The first-order valence-corrected chi connectivity index (χ1v) is 6.73. The summed E-state index contributed by atoms with van der Waals surface area (Å²) in [6.45, 7) is 5.94. The van der Waals surface area contributed by atoms with Gasteiger partial charge >= 0.3 is 0 Å². The monoisotopic (exact) mass is 256 g/mol. The predicted molar refractivity (Wildman–Crippen MR) is 76.4 cm³/mol. The molecule has 19 heavy (non-hydrogen) atoms. The average molecular weight is 256 g/mol. The molecule has 0 aliphatic rings. The molecule has 1 atom stereocenters. The Morgan fingerprint density at radius 1 is 1.26 bits per heavy atom. The molecule has 1 aromatic carbocycles. The Kier molecular flexibility index (Phi) is 4.15. The van der Waals surface area contributed by atoms with E-state index in [9.17, 15) is 4.79 Å². The number of nitrogens with zero attached hydrogens (tertiary/aromatic N) is 2. The van der Waals surface area contributed by atoms with Crippen LogP contribution in [0.15, 0.2) is 36.4 Å². The first kappa shape index (κ1) is 13.5. The van der Waals surface area contributed by atoms with Crippen LogP contribution < -0.4 is 0 Å². The van der Waals surface area contributed by atoms with Crippen molar-refractivity contribution in [2.75, 3.05) is 0 Å². The summed E-state index contributed by atoms with van der Waals surface area (Å²) in [5.41, 5.74) is 3.02. The van der Waals surface area contributed by atoms with Crippen LogP contribution in [0.1, 0.15) is 47.4 Å². The van der Waals surface area contributed by atoms with Crippen molar-refractivity contribution < 1.29 is 4.79 Å². The largest absolute Gasteiger partial charge is 0.273 e. The zero-order valence-electron chi connectivity index (χ0n) is 11.8. The maximum Gasteiger partial charge on any atom is 0.247 e. The van der Waals surface area contributed by atoms with Gasteiger partial charge in [0.25, 0.3) is 0 Å². The fourth-order valence-electron chi connectivity index (χ4n) is 2.40. The van der Waals surface area contributed by atoms with E-state index in [4.69, 9.17) is 0 Å². The van der Waals surface area contributed by atoms with E-state index in [0.717, 1.165) is 17.8 Å². The summed E-state index contributed by atoms with van der Waals surface area (Å²) in [6.07, 6.45) is 1.46. The molecule has 2 rings (SSSR count). The Hall–Kier alpha value is -1.90. The van der Waals surface area contributed by atoms with Crippen molar-refractivity contribution >= 4 is 5.91 Å². The van der Waals surface area contributed by atoms with Gasteiger partial charge in [0.2, 0.25) is 5.91 Å². The second-order valence-electron chi connectivity index (χ2n) is 4.95. The summed E-state index contributed by atoms with van der Waals surface area (Å²) in [5.74, 6) is 0.332. The van der Waals surface area contributed by atoms with E-state index < -0.39 is 0 Å². The van der Waals surface area contributed by atoms with Gasteiger partial charge in [0, 0.05) is 12.1 Å². The fourth-order valence-corrected chi connectivity index (χ4v) is 2.40. The van der Waals surface area contributed by atoms with Gasteiger partial charge in [0.15, 0.2) is 0 Å². The van der Waals surface area contributed by atoms with Crippen LogP contribution in [0.3, 0.4) is 0 Å². The first-order chi connectivity index (χ1) is 9.11. The molecule has 2 aromatic rings. The van der Waals surface area contributed by atoms with Crippen LogP contribution in [0.5, 0.6) is 0 Å². The molecule has 0 N–H and O–H groups in total. The quantitative estimate of drug-likeness (QED) is 0.835. The van der Waals surface area contributed by atoms with Gasteiger partial charge in [-0.1, -0.05) is 37.3 Å². The topological polar surface area (TPSA) is 34.9 Å². The lowest BCUT2D eigenvalue weighted by molar-refractivity contribution is 0.0873. The second-order valence-corrected chi connectivity index (χ2v) is 4.95. The Morgan fingerprint density at radius 3 is 2.47 bits per heavy atom. The van der Waals surface area contributed by atoms with E-state index in [1.807, 2.05) is 38.1 Å². The number of aromatic nitrogens is 2. The fraction of sp³-hybridized carbons (Fsp3) is 0.375. The van der Waals surface area contributed by atoms with Crippen molar-refractivity contribution in [2.24, 2.45) is 0 Å². The number of hydrogen-bond acceptors (Lipinski definition) is 2. The Morgan fingerprint density at radius 2 is 1.95 bits per heavy atom. The maximum absolute atomic E-state index is 12.3. The van der Waals surface area contributed by atoms with E-state index in [-0.39, 0.29) is 11.8 Å². The highest BCUT2D eigenvalue weighted by Gasteiger charge is 2.17. The summed E-state index contributed by atoms with van der Waals surface area (Å²) in [6, 6.07) is 12.1. The Bertz CT molecular complexity index is 557. The highest BCUT2D eigenvalue weighted by Crippen LogP contribution is 2.23. The van der Waals surface area contributed by atoms with Gasteiger partial charge < -0.3 is 0 Å². The highest BCUT2D eigenvalue weighted by atomic mass is 16.2. The van der Waals surface area contributed by atoms with Gasteiger partial charge in [-0.05, 0) is 37.8 Å². The minimum Gasteiger partial charge on any atom is -0.273 e. The summed E-state index contributed by atoms with van der Waals surface area (Å²) in [5, 5.41) is 4.26. The lowest BCUT2D eigenvalue weighted by Gasteiger charge is -2.14. The number of hydrogen-bond donors (Lipinski definition) is 0. The predicted octanol–water partition coefficient (Wildman–Crippen LogP) is 3.72. The second kappa shape index (κ2) is 5.83. The summed E-state index contributed by atoms with van der Waals surface area (Å²) in [4.78, 5) is 12.3. The number of rotatable bonds is 4. The van der Waals surface area contributed by atoms with E-state index in [1.165, 1.54) is 10.2 Å². The van der Waals surface area contributed by atoms with Crippen molar-refractivity contribution in [1.82, 2.24) is 9.78 Å². The van der Waals surface area contributed by atoms with E-state index in [1.54, 1.807) is 0 Å². The van der Waals surface area contributed by atoms with Crippen LogP contribution in [0.2, 0.25) is 0 Å². The van der Waals surface area contributed by atoms with E-state index in [0.29, 0.717) is 6.42 Å². The van der Waals surface area contributed by atoms with Gasteiger partial charge in [-0.15, -0.1) is 0 Å². The first-order valence-electron chi connectivity index (χ1n) is 6.73. The molecular formula is C16H20N2O. The standard InChI is InChI=1S/C16H20N2O/c1-4-14(15-8-6-5-7-9-15)11-16(19)18-13(3)10-12(2)17-18/h5-10,14H,4,11H2,1-3H3. The van der Waals surface area contributed by atoms with E-state index in [2.05, 4.69) is 24.2 Å². The smallest absolute Gasteiger partial charge is 0.247 e. The molecule has 100 valence electrons. The van der Waals surface area contributed by atoms with Gasteiger partial charge in [-0.2, -0.15) is 5.10 Å². The molecule has 0 aliphatic heterocycles. The molecule has 0 bridgehead atoms. The zero-order chi connectivity index (χ0) is 13.8. The third kappa shape index (κ3) is 3.11. The molecule has 0 radical (unpaired) electrons. The molecule has 0 fully saturated rings. The van der Waals surface area contributed by atoms with Gasteiger partial charge in [0.1, 0.15) is 0 Å². The number of carbonyl (C=O) groups excluding carboxylic acids is 1. The molecule has 3 heteroatoms. The third-order valence-electron chi connectivity index (χ3n) is 3.43. The molecule has 0 aliphatic carbocycles.